The van der Waals surface area contributed by atoms with Crippen LogP contribution in [0.4, 0.5) is 0 Å². The molecular formula is C15H19NO4. The van der Waals surface area contributed by atoms with Crippen molar-refractivity contribution >= 4 is 5.91 Å². The summed E-state index contributed by atoms with van der Waals surface area (Å²) >= 11 is 0. The van der Waals surface area contributed by atoms with Crippen LogP contribution in [0.5, 0.6) is 11.5 Å². The number of hydrogen-bond donors (Lipinski definition) is 0. The molecule has 1 saturated heterocycles. The largest absolute Gasteiger partial charge is 0.485 e. The van der Waals surface area contributed by atoms with Crippen LogP contribution in [0.2, 0.25) is 0 Å². The summed E-state index contributed by atoms with van der Waals surface area (Å²) in [6, 6.07) is 7.41. The third-order valence-electron chi connectivity index (χ3n) is 3.52. The Labute approximate surface area is 118 Å². The van der Waals surface area contributed by atoms with Crippen LogP contribution in [-0.2, 0) is 9.53 Å². The molecule has 0 spiro atoms. The van der Waals surface area contributed by atoms with Gasteiger partial charge in [-0.2, -0.15) is 0 Å². The summed E-state index contributed by atoms with van der Waals surface area (Å²) in [5.74, 6) is 1.30. The van der Waals surface area contributed by atoms with Crippen molar-refractivity contribution in [2.75, 3.05) is 19.7 Å². The van der Waals surface area contributed by atoms with Gasteiger partial charge in [-0.1, -0.05) is 12.1 Å². The average Bonchev–Trinajstić information content (AvgIpc) is 2.45. The van der Waals surface area contributed by atoms with E-state index in [4.69, 9.17) is 14.2 Å². The lowest BCUT2D eigenvalue weighted by molar-refractivity contribution is -0.152. The first-order valence-electron chi connectivity index (χ1n) is 6.96. The number of morpholine rings is 1. The van der Waals surface area contributed by atoms with Gasteiger partial charge >= 0.3 is 0 Å². The van der Waals surface area contributed by atoms with Crippen molar-refractivity contribution < 1.29 is 19.0 Å². The summed E-state index contributed by atoms with van der Waals surface area (Å²) < 4.78 is 17.0. The second kappa shape index (κ2) is 5.32. The quantitative estimate of drug-likeness (QED) is 0.780. The van der Waals surface area contributed by atoms with Gasteiger partial charge in [0, 0.05) is 13.1 Å². The van der Waals surface area contributed by atoms with Gasteiger partial charge in [-0.3, -0.25) is 4.79 Å². The Hall–Kier alpha value is -1.75. The molecule has 5 nitrogen and oxygen atoms in total. The number of carbonyl (C=O) groups is 1. The minimum atomic E-state index is -0.567. The molecule has 2 heterocycles. The number of hydrogen-bond acceptors (Lipinski definition) is 4. The first-order valence-corrected chi connectivity index (χ1v) is 6.96. The first kappa shape index (κ1) is 13.2. The molecule has 0 unspecified atom stereocenters. The van der Waals surface area contributed by atoms with E-state index in [0.717, 1.165) is 0 Å². The Bertz CT molecular complexity index is 494. The molecule has 1 fully saturated rings. The Morgan fingerprint density at radius 1 is 1.15 bits per heavy atom. The standard InChI is InChI=1S/C15H19NO4/c1-10-7-16(8-11(2)19-10)15(17)14-9-18-12-5-3-4-6-13(12)20-14/h3-6,10-11,14H,7-9H2,1-2H3/t10-,11+,14-/m0/s1. The molecule has 3 rings (SSSR count). The molecule has 0 radical (unpaired) electrons. The van der Waals surface area contributed by atoms with Gasteiger partial charge in [0.25, 0.3) is 5.91 Å². The van der Waals surface area contributed by atoms with Gasteiger partial charge in [-0.05, 0) is 26.0 Å². The number of amides is 1. The predicted molar refractivity (Wildman–Crippen MR) is 72.9 cm³/mol. The van der Waals surface area contributed by atoms with Crippen molar-refractivity contribution in [3.05, 3.63) is 24.3 Å². The molecule has 20 heavy (non-hydrogen) atoms. The van der Waals surface area contributed by atoms with Crippen LogP contribution in [0.15, 0.2) is 24.3 Å². The fourth-order valence-corrected chi connectivity index (χ4v) is 2.70. The second-order valence-corrected chi connectivity index (χ2v) is 5.36. The van der Waals surface area contributed by atoms with Crippen molar-refractivity contribution in [1.82, 2.24) is 4.90 Å². The van der Waals surface area contributed by atoms with E-state index in [2.05, 4.69) is 0 Å². The molecule has 3 atom stereocenters. The molecule has 1 aromatic rings. The molecule has 1 amide bonds. The van der Waals surface area contributed by atoms with E-state index >= 15 is 0 Å². The van der Waals surface area contributed by atoms with Gasteiger partial charge in [0.2, 0.25) is 6.10 Å². The van der Waals surface area contributed by atoms with Crippen LogP contribution < -0.4 is 9.47 Å². The van der Waals surface area contributed by atoms with Crippen molar-refractivity contribution in [2.24, 2.45) is 0 Å². The van der Waals surface area contributed by atoms with Gasteiger partial charge in [-0.25, -0.2) is 0 Å². The van der Waals surface area contributed by atoms with Gasteiger partial charge in [-0.15, -0.1) is 0 Å². The first-order chi connectivity index (χ1) is 9.63. The molecule has 0 bridgehead atoms. The highest BCUT2D eigenvalue weighted by atomic mass is 16.6. The third-order valence-corrected chi connectivity index (χ3v) is 3.52. The van der Waals surface area contributed by atoms with Crippen LogP contribution in [-0.4, -0.2) is 48.8 Å². The number of nitrogens with zero attached hydrogens (tertiary/aromatic N) is 1. The fourth-order valence-electron chi connectivity index (χ4n) is 2.70. The van der Waals surface area contributed by atoms with E-state index < -0.39 is 6.10 Å². The number of fused-ring (bicyclic) bond motifs is 1. The zero-order valence-corrected chi connectivity index (χ0v) is 11.7. The predicted octanol–water partition coefficient (Wildman–Crippen LogP) is 1.46. The maximum Gasteiger partial charge on any atom is 0.267 e. The summed E-state index contributed by atoms with van der Waals surface area (Å²) in [6.45, 7) is 5.41. The Morgan fingerprint density at radius 2 is 1.80 bits per heavy atom. The normalized spacial score (nSPS) is 29.1. The number of rotatable bonds is 1. The smallest absolute Gasteiger partial charge is 0.267 e. The summed E-state index contributed by atoms with van der Waals surface area (Å²) in [4.78, 5) is 14.3. The molecule has 1 aromatic carbocycles. The van der Waals surface area contributed by atoms with E-state index in [1.54, 1.807) is 4.90 Å². The Morgan fingerprint density at radius 3 is 2.50 bits per heavy atom. The fraction of sp³-hybridized carbons (Fsp3) is 0.533. The Balaban J connectivity index is 1.69. The van der Waals surface area contributed by atoms with E-state index in [1.807, 2.05) is 38.1 Å². The number of carbonyl (C=O) groups excluding carboxylic acids is 1. The minimum Gasteiger partial charge on any atom is -0.485 e. The van der Waals surface area contributed by atoms with E-state index in [9.17, 15) is 4.79 Å². The topological polar surface area (TPSA) is 48.0 Å². The van der Waals surface area contributed by atoms with Gasteiger partial charge < -0.3 is 19.1 Å². The van der Waals surface area contributed by atoms with Crippen LogP contribution in [0.1, 0.15) is 13.8 Å². The van der Waals surface area contributed by atoms with E-state index in [1.165, 1.54) is 0 Å². The van der Waals surface area contributed by atoms with Crippen molar-refractivity contribution in [1.29, 1.82) is 0 Å². The van der Waals surface area contributed by atoms with Crippen LogP contribution >= 0.6 is 0 Å². The highest BCUT2D eigenvalue weighted by Gasteiger charge is 2.34. The SMILES string of the molecule is C[C@@H]1CN(C(=O)[C@@H]2COc3ccccc3O2)C[C@H](C)O1. The van der Waals surface area contributed by atoms with Crippen LogP contribution in [0.25, 0.3) is 0 Å². The highest BCUT2D eigenvalue weighted by molar-refractivity contribution is 5.82. The lowest BCUT2D eigenvalue weighted by Gasteiger charge is -2.37. The number of benzene rings is 1. The molecule has 0 aromatic heterocycles. The maximum absolute atomic E-state index is 12.5. The third kappa shape index (κ3) is 2.58. The molecule has 2 aliphatic rings. The number of ether oxygens (including phenoxy) is 3. The molecule has 108 valence electrons. The summed E-state index contributed by atoms with van der Waals surface area (Å²) in [5, 5.41) is 0. The van der Waals surface area contributed by atoms with Gasteiger partial charge in [0.15, 0.2) is 11.5 Å². The number of para-hydroxylation sites is 2. The molecular weight excluding hydrogens is 258 g/mol. The maximum atomic E-state index is 12.5. The van der Waals surface area contributed by atoms with Crippen LogP contribution in [0.3, 0.4) is 0 Å². The lowest BCUT2D eigenvalue weighted by atomic mass is 10.2. The Kier molecular flexibility index (Phi) is 3.53. The zero-order valence-electron chi connectivity index (χ0n) is 11.7. The molecule has 0 aliphatic carbocycles. The molecule has 0 N–H and O–H groups in total. The lowest BCUT2D eigenvalue weighted by Crippen LogP contribution is -2.54. The minimum absolute atomic E-state index is 0.0264. The zero-order chi connectivity index (χ0) is 14.1. The highest BCUT2D eigenvalue weighted by Crippen LogP contribution is 2.31. The summed E-state index contributed by atoms with van der Waals surface area (Å²) in [6.07, 6.45) is -0.457. The van der Waals surface area contributed by atoms with Gasteiger partial charge in [0.05, 0.1) is 12.2 Å². The molecule has 0 saturated carbocycles. The van der Waals surface area contributed by atoms with E-state index in [-0.39, 0.29) is 24.7 Å². The summed E-state index contributed by atoms with van der Waals surface area (Å²) in [5.41, 5.74) is 0. The van der Waals surface area contributed by atoms with Gasteiger partial charge in [0.1, 0.15) is 6.61 Å². The summed E-state index contributed by atoms with van der Waals surface area (Å²) in [7, 11) is 0. The molecule has 5 heteroatoms. The van der Waals surface area contributed by atoms with E-state index in [0.29, 0.717) is 24.6 Å². The molecule has 2 aliphatic heterocycles. The van der Waals surface area contributed by atoms with Crippen molar-refractivity contribution in [2.45, 2.75) is 32.2 Å². The van der Waals surface area contributed by atoms with Crippen molar-refractivity contribution in [3.8, 4) is 11.5 Å². The van der Waals surface area contributed by atoms with Crippen LogP contribution in [0, 0.1) is 0 Å². The monoisotopic (exact) mass is 277 g/mol. The average molecular weight is 277 g/mol. The second-order valence-electron chi connectivity index (χ2n) is 5.36. The van der Waals surface area contributed by atoms with Crippen molar-refractivity contribution in [3.63, 3.8) is 0 Å².